The minimum Gasteiger partial charge on any atom is -0.455 e. The van der Waals surface area contributed by atoms with Crippen LogP contribution in [0.3, 0.4) is 0 Å². The number of aliphatic imine (C=N–C) groups is 2. The summed E-state index contributed by atoms with van der Waals surface area (Å²) in [6, 6.07) is 71.4. The van der Waals surface area contributed by atoms with Crippen molar-refractivity contribution in [1.82, 2.24) is 0 Å². The molecule has 0 N–H and O–H groups in total. The third-order valence-corrected chi connectivity index (χ3v) is 13.6. The summed E-state index contributed by atoms with van der Waals surface area (Å²) < 4.78 is 13.6. The molecule has 0 spiro atoms. The van der Waals surface area contributed by atoms with E-state index in [0.29, 0.717) is 0 Å². The molecule has 1 aliphatic carbocycles. The summed E-state index contributed by atoms with van der Waals surface area (Å²) in [6.45, 7) is 6.15. The average molecular weight is 819 g/mol. The summed E-state index contributed by atoms with van der Waals surface area (Å²) in [7, 11) is 0. The van der Waals surface area contributed by atoms with E-state index in [9.17, 15) is 0 Å². The minimum absolute atomic E-state index is 0.683. The first kappa shape index (κ1) is 36.3. The molecule has 64 heavy (non-hydrogen) atoms. The number of hydrogen-bond donors (Lipinski definition) is 0. The van der Waals surface area contributed by atoms with Gasteiger partial charge in [-0.2, -0.15) is 0 Å². The summed E-state index contributed by atoms with van der Waals surface area (Å²) in [5.74, 6) is 0. The third-order valence-electron chi connectivity index (χ3n) is 13.6. The summed E-state index contributed by atoms with van der Waals surface area (Å²) >= 11 is 0. The van der Waals surface area contributed by atoms with E-state index in [2.05, 4.69) is 195 Å². The van der Waals surface area contributed by atoms with Gasteiger partial charge in [0.1, 0.15) is 22.3 Å². The van der Waals surface area contributed by atoms with Crippen LogP contribution < -0.4 is 0 Å². The minimum atomic E-state index is -0.683. The number of hydrogen-bond acceptors (Lipinski definition) is 4. The zero-order valence-corrected chi connectivity index (χ0v) is 35.0. The average Bonchev–Trinajstić information content (AvgIpc) is 4.01. The van der Waals surface area contributed by atoms with Gasteiger partial charge >= 0.3 is 0 Å². The van der Waals surface area contributed by atoms with Crippen LogP contribution in [-0.4, -0.2) is 12.4 Å². The lowest BCUT2D eigenvalue weighted by molar-refractivity contribution is 0.658. The molecule has 0 unspecified atom stereocenters. The molecule has 12 aromatic rings. The Morgan fingerprint density at radius 3 is 1.47 bits per heavy atom. The van der Waals surface area contributed by atoms with Crippen molar-refractivity contribution in [3.63, 3.8) is 0 Å². The molecule has 4 heteroatoms. The van der Waals surface area contributed by atoms with Gasteiger partial charge in [0.05, 0.1) is 22.4 Å². The second-order valence-corrected chi connectivity index (χ2v) is 16.8. The highest BCUT2D eigenvalue weighted by molar-refractivity contribution is 6.23. The number of furan rings is 2. The summed E-state index contributed by atoms with van der Waals surface area (Å²) in [6.07, 6.45) is 0. The zero-order valence-electron chi connectivity index (χ0n) is 35.0. The fraction of sp³-hybridized carbons (Fsp3) is 0.0333. The highest BCUT2D eigenvalue weighted by Gasteiger charge is 2.46. The van der Waals surface area contributed by atoms with Gasteiger partial charge in [-0.1, -0.05) is 170 Å². The topological polar surface area (TPSA) is 51.0 Å². The van der Waals surface area contributed by atoms with Crippen molar-refractivity contribution in [3.8, 4) is 22.3 Å². The fourth-order valence-electron chi connectivity index (χ4n) is 10.8. The maximum absolute atomic E-state index is 6.82. The molecular weight excluding hydrogens is 781 g/mol. The maximum atomic E-state index is 6.82. The molecule has 2 aromatic heterocycles. The van der Waals surface area contributed by atoms with E-state index in [0.717, 1.165) is 99.2 Å². The van der Waals surface area contributed by atoms with Crippen molar-refractivity contribution in [2.75, 3.05) is 0 Å². The second-order valence-electron chi connectivity index (χ2n) is 16.8. The molecule has 13 rings (SSSR count). The summed E-state index contributed by atoms with van der Waals surface area (Å²) in [5.41, 5.74) is 15.3. The molecule has 0 amide bonds. The first-order valence-electron chi connectivity index (χ1n) is 21.7. The van der Waals surface area contributed by atoms with Crippen LogP contribution in [0.15, 0.2) is 219 Å². The Labute approximate surface area is 369 Å². The van der Waals surface area contributed by atoms with Gasteiger partial charge in [0.15, 0.2) is 0 Å². The van der Waals surface area contributed by atoms with Crippen molar-refractivity contribution in [2.45, 2.75) is 12.3 Å². The summed E-state index contributed by atoms with van der Waals surface area (Å²) in [4.78, 5) is 10.1. The lowest BCUT2D eigenvalue weighted by Gasteiger charge is -2.34. The van der Waals surface area contributed by atoms with Gasteiger partial charge < -0.3 is 8.83 Å². The van der Waals surface area contributed by atoms with Gasteiger partial charge in [-0.3, -0.25) is 9.98 Å². The highest BCUT2D eigenvalue weighted by atomic mass is 16.3. The quantitative estimate of drug-likeness (QED) is 0.124. The standard InChI is InChI=1S/C60H38N2O2/c1-36(62-57-48-26-12-10-22-42(48)41-21-9-11-25-47(41)56(57)61-2)37-29-31-43-44-32-30-38(34-52(44)60(51(43)33-37,39-17-5-3-6-18-39)40-19-7-4-8-20-40)55-58-49(45-23-13-15-27-53(45)63-58)35-50-46-24-14-16-28-54(46)64-59(50)55/h3-35H,2H2,1H3/b62-36+. The van der Waals surface area contributed by atoms with Crippen molar-refractivity contribution in [1.29, 1.82) is 0 Å². The molecule has 0 atom stereocenters. The Hall–Kier alpha value is -8.34. The molecule has 0 saturated carbocycles. The molecule has 2 heterocycles. The molecular formula is C60H38N2O2. The van der Waals surface area contributed by atoms with Crippen LogP contribution in [0.25, 0.3) is 87.7 Å². The van der Waals surface area contributed by atoms with Crippen molar-refractivity contribution < 1.29 is 8.83 Å². The SMILES string of the molecule is C=Nc1c(/N=C(\C)c2ccc3c(c2)C(c2ccccc2)(c2ccccc2)c2cc(-c4c5oc6ccccc6c5cc5c4oc4ccccc45)ccc2-3)c2ccccc2c2ccccc12. The van der Waals surface area contributed by atoms with Gasteiger partial charge in [-0.25, -0.2) is 0 Å². The van der Waals surface area contributed by atoms with E-state index >= 15 is 0 Å². The second kappa shape index (κ2) is 13.8. The summed E-state index contributed by atoms with van der Waals surface area (Å²) in [5, 5.41) is 8.67. The first-order valence-corrected chi connectivity index (χ1v) is 21.7. The van der Waals surface area contributed by atoms with Gasteiger partial charge in [0, 0.05) is 38.0 Å². The van der Waals surface area contributed by atoms with Crippen LogP contribution in [-0.2, 0) is 5.41 Å². The Bertz CT molecular complexity index is 3800. The Kier molecular flexibility index (Phi) is 7.85. The maximum Gasteiger partial charge on any atom is 0.147 e. The molecule has 0 radical (unpaired) electrons. The molecule has 4 nitrogen and oxygen atoms in total. The Morgan fingerprint density at radius 2 is 0.906 bits per heavy atom. The predicted molar refractivity (Wildman–Crippen MR) is 266 cm³/mol. The Balaban J connectivity index is 1.08. The lowest BCUT2D eigenvalue weighted by Crippen LogP contribution is -2.28. The predicted octanol–water partition coefficient (Wildman–Crippen LogP) is 16.3. The van der Waals surface area contributed by atoms with E-state index in [4.69, 9.17) is 13.8 Å². The lowest BCUT2D eigenvalue weighted by atomic mass is 9.67. The van der Waals surface area contributed by atoms with Gasteiger partial charge in [-0.05, 0) is 99.3 Å². The molecule has 0 aliphatic heterocycles. The number of benzene rings is 10. The van der Waals surface area contributed by atoms with E-state index in [1.54, 1.807) is 0 Å². The largest absolute Gasteiger partial charge is 0.455 e. The van der Waals surface area contributed by atoms with Crippen LogP contribution in [0, 0.1) is 0 Å². The van der Waals surface area contributed by atoms with Crippen LogP contribution >= 0.6 is 0 Å². The monoisotopic (exact) mass is 818 g/mol. The smallest absolute Gasteiger partial charge is 0.147 e. The Morgan fingerprint density at radius 1 is 0.438 bits per heavy atom. The van der Waals surface area contributed by atoms with E-state index in [1.807, 2.05) is 24.3 Å². The van der Waals surface area contributed by atoms with Gasteiger partial charge in [-0.15, -0.1) is 0 Å². The van der Waals surface area contributed by atoms with E-state index < -0.39 is 5.41 Å². The number of fused-ring (bicyclic) bond motifs is 12. The molecule has 0 saturated heterocycles. The zero-order chi connectivity index (χ0) is 42.5. The van der Waals surface area contributed by atoms with E-state index in [-0.39, 0.29) is 0 Å². The first-order chi connectivity index (χ1) is 31.6. The van der Waals surface area contributed by atoms with Crippen molar-refractivity contribution >= 4 is 89.2 Å². The highest BCUT2D eigenvalue weighted by Crippen LogP contribution is 2.58. The normalized spacial score (nSPS) is 13.4. The van der Waals surface area contributed by atoms with Crippen LogP contribution in [0.4, 0.5) is 11.4 Å². The van der Waals surface area contributed by atoms with Crippen LogP contribution in [0.5, 0.6) is 0 Å². The molecule has 0 bridgehead atoms. The van der Waals surface area contributed by atoms with Crippen molar-refractivity contribution in [3.05, 3.63) is 228 Å². The number of rotatable bonds is 6. The van der Waals surface area contributed by atoms with Gasteiger partial charge in [0.25, 0.3) is 0 Å². The molecule has 300 valence electrons. The third kappa shape index (κ3) is 5.05. The van der Waals surface area contributed by atoms with Crippen LogP contribution in [0.2, 0.25) is 0 Å². The molecule has 1 aliphatic rings. The number of para-hydroxylation sites is 2. The van der Waals surface area contributed by atoms with Gasteiger partial charge in [0.2, 0.25) is 0 Å². The van der Waals surface area contributed by atoms with Crippen molar-refractivity contribution in [2.24, 2.45) is 9.98 Å². The van der Waals surface area contributed by atoms with Crippen LogP contribution in [0.1, 0.15) is 34.7 Å². The molecule has 0 fully saturated rings. The molecule has 10 aromatic carbocycles. The fourth-order valence-corrected chi connectivity index (χ4v) is 10.8. The number of nitrogens with zero attached hydrogens (tertiary/aromatic N) is 2. The van der Waals surface area contributed by atoms with E-state index in [1.165, 1.54) is 33.4 Å².